The lowest BCUT2D eigenvalue weighted by atomic mass is 9.94. The Balaban J connectivity index is 1.49. The molecule has 2 aliphatic heterocycles. The van der Waals surface area contributed by atoms with E-state index in [0.29, 0.717) is 35.5 Å². The van der Waals surface area contributed by atoms with Crippen LogP contribution in [0.1, 0.15) is 29.6 Å². The zero-order valence-electron chi connectivity index (χ0n) is 17.6. The van der Waals surface area contributed by atoms with E-state index >= 15 is 0 Å². The highest BCUT2D eigenvalue weighted by Crippen LogP contribution is 2.32. The van der Waals surface area contributed by atoms with Gasteiger partial charge in [-0.2, -0.15) is 0 Å². The average Bonchev–Trinajstić information content (AvgIpc) is 2.77. The molecule has 3 N–H and O–H groups in total. The summed E-state index contributed by atoms with van der Waals surface area (Å²) in [6.07, 6.45) is 0.302. The summed E-state index contributed by atoms with van der Waals surface area (Å²) in [7, 11) is 1.71. The minimum atomic E-state index is -0.911. The third-order valence-corrected chi connectivity index (χ3v) is 5.70. The summed E-state index contributed by atoms with van der Waals surface area (Å²) in [4.78, 5) is 38.2. The number of amides is 3. The fourth-order valence-electron chi connectivity index (χ4n) is 4.11. The molecule has 1 saturated heterocycles. The normalized spacial score (nSPS) is 22.5. The number of para-hydroxylation sites is 1. The Labute approximate surface area is 185 Å². The van der Waals surface area contributed by atoms with Gasteiger partial charge in [0.15, 0.2) is 0 Å². The Hall–Kier alpha value is -3.59. The molecular weight excluding hydrogens is 414 g/mol. The quantitative estimate of drug-likeness (QED) is 0.674. The van der Waals surface area contributed by atoms with Gasteiger partial charge in [0, 0.05) is 18.4 Å². The van der Waals surface area contributed by atoms with Crippen molar-refractivity contribution in [1.82, 2.24) is 4.90 Å². The Morgan fingerprint density at radius 3 is 2.59 bits per heavy atom. The van der Waals surface area contributed by atoms with Crippen LogP contribution in [0.15, 0.2) is 48.5 Å². The molecule has 9 heteroatoms. The first-order chi connectivity index (χ1) is 15.4. The minimum absolute atomic E-state index is 0.0719. The highest BCUT2D eigenvalue weighted by molar-refractivity contribution is 6.02. The molecule has 2 heterocycles. The number of nitrogens with zero attached hydrogens (tertiary/aromatic N) is 1. The molecule has 32 heavy (non-hydrogen) atoms. The number of urea groups is 1. The fourth-order valence-corrected chi connectivity index (χ4v) is 4.11. The molecule has 0 unspecified atom stereocenters. The summed E-state index contributed by atoms with van der Waals surface area (Å²) in [5, 5.41) is 14.5. The summed E-state index contributed by atoms with van der Waals surface area (Å²) in [6.45, 7) is 0.201. The molecule has 2 aliphatic rings. The second-order valence-electron chi connectivity index (χ2n) is 7.92. The number of carboxylic acids is 1. The fraction of sp³-hybridized carbons (Fsp3) is 0.348. The van der Waals surface area contributed by atoms with Gasteiger partial charge in [-0.1, -0.05) is 18.2 Å². The molecule has 168 valence electrons. The van der Waals surface area contributed by atoms with Crippen LogP contribution in [0.25, 0.3) is 0 Å². The first kappa shape index (κ1) is 21.6. The van der Waals surface area contributed by atoms with Gasteiger partial charge in [-0.15, -0.1) is 0 Å². The SMILES string of the molecule is CN1C(=O)c2cc(NC(=O)Nc3ccccc3)ccc2OC[C@H]2O[C@@H](CC(=O)O)CC[C@H]21. The molecule has 0 aromatic heterocycles. The lowest BCUT2D eigenvalue weighted by Crippen LogP contribution is -2.53. The van der Waals surface area contributed by atoms with E-state index in [1.54, 1.807) is 42.3 Å². The number of carbonyl (C=O) groups is 3. The molecule has 0 saturated carbocycles. The van der Waals surface area contributed by atoms with Gasteiger partial charge in [-0.3, -0.25) is 9.59 Å². The van der Waals surface area contributed by atoms with Crippen LogP contribution in [0.5, 0.6) is 5.75 Å². The first-order valence-corrected chi connectivity index (χ1v) is 10.4. The van der Waals surface area contributed by atoms with Crippen molar-refractivity contribution in [2.45, 2.75) is 37.5 Å². The summed E-state index contributed by atoms with van der Waals surface area (Å²) in [5.74, 6) is -0.772. The summed E-state index contributed by atoms with van der Waals surface area (Å²) < 4.78 is 11.8. The molecule has 0 aliphatic carbocycles. The van der Waals surface area contributed by atoms with Crippen LogP contribution >= 0.6 is 0 Å². The van der Waals surface area contributed by atoms with E-state index in [2.05, 4.69) is 10.6 Å². The Bertz CT molecular complexity index is 1010. The van der Waals surface area contributed by atoms with Gasteiger partial charge in [-0.25, -0.2) is 4.79 Å². The molecule has 3 atom stereocenters. The summed E-state index contributed by atoms with van der Waals surface area (Å²) in [6, 6.07) is 13.3. The van der Waals surface area contributed by atoms with Crippen LogP contribution < -0.4 is 15.4 Å². The largest absolute Gasteiger partial charge is 0.490 e. The summed E-state index contributed by atoms with van der Waals surface area (Å²) in [5.41, 5.74) is 1.46. The van der Waals surface area contributed by atoms with Crippen molar-refractivity contribution in [3.05, 3.63) is 54.1 Å². The van der Waals surface area contributed by atoms with Crippen molar-refractivity contribution in [1.29, 1.82) is 0 Å². The number of rotatable bonds is 4. The molecule has 1 fully saturated rings. The predicted octanol–water partition coefficient (Wildman–Crippen LogP) is 3.19. The van der Waals surface area contributed by atoms with Crippen molar-refractivity contribution < 1.29 is 29.0 Å². The number of fused-ring (bicyclic) bond motifs is 2. The number of benzene rings is 2. The van der Waals surface area contributed by atoms with Crippen LogP contribution in [-0.4, -0.2) is 59.8 Å². The van der Waals surface area contributed by atoms with Crippen molar-refractivity contribution in [3.8, 4) is 5.75 Å². The van der Waals surface area contributed by atoms with E-state index in [1.165, 1.54) is 0 Å². The lowest BCUT2D eigenvalue weighted by Gasteiger charge is -2.42. The second-order valence-corrected chi connectivity index (χ2v) is 7.92. The average molecular weight is 439 g/mol. The maximum atomic E-state index is 13.2. The Kier molecular flexibility index (Phi) is 6.27. The van der Waals surface area contributed by atoms with E-state index in [4.69, 9.17) is 14.6 Å². The van der Waals surface area contributed by atoms with Crippen molar-refractivity contribution in [2.24, 2.45) is 0 Å². The van der Waals surface area contributed by atoms with Gasteiger partial charge in [0.1, 0.15) is 18.5 Å². The molecule has 9 nitrogen and oxygen atoms in total. The number of ether oxygens (including phenoxy) is 2. The van der Waals surface area contributed by atoms with E-state index in [9.17, 15) is 14.4 Å². The zero-order chi connectivity index (χ0) is 22.7. The number of hydrogen-bond acceptors (Lipinski definition) is 5. The van der Waals surface area contributed by atoms with Gasteiger partial charge >= 0.3 is 12.0 Å². The number of anilines is 2. The van der Waals surface area contributed by atoms with Gasteiger partial charge in [0.2, 0.25) is 0 Å². The highest BCUT2D eigenvalue weighted by atomic mass is 16.5. The first-order valence-electron chi connectivity index (χ1n) is 10.4. The zero-order valence-corrected chi connectivity index (χ0v) is 17.6. The van der Waals surface area contributed by atoms with Crippen molar-refractivity contribution in [3.63, 3.8) is 0 Å². The smallest absolute Gasteiger partial charge is 0.323 e. The molecule has 0 radical (unpaired) electrons. The van der Waals surface area contributed by atoms with Gasteiger partial charge in [0.05, 0.1) is 24.1 Å². The monoisotopic (exact) mass is 439 g/mol. The molecule has 2 aromatic rings. The lowest BCUT2D eigenvalue weighted by molar-refractivity contribution is -0.148. The second kappa shape index (κ2) is 9.27. The molecule has 0 spiro atoms. The number of carbonyl (C=O) groups excluding carboxylic acids is 2. The van der Waals surface area contributed by atoms with Crippen LogP contribution in [0.2, 0.25) is 0 Å². The van der Waals surface area contributed by atoms with Gasteiger partial charge in [0.25, 0.3) is 5.91 Å². The van der Waals surface area contributed by atoms with Crippen LogP contribution in [0.4, 0.5) is 16.2 Å². The number of nitrogens with one attached hydrogen (secondary N) is 2. The molecule has 4 rings (SSSR count). The van der Waals surface area contributed by atoms with Gasteiger partial charge < -0.3 is 30.1 Å². The molecular formula is C23H25N3O6. The number of aliphatic carboxylic acids is 1. The van der Waals surface area contributed by atoms with E-state index in [0.717, 1.165) is 0 Å². The Morgan fingerprint density at radius 1 is 1.09 bits per heavy atom. The van der Waals surface area contributed by atoms with E-state index in [1.807, 2.05) is 18.2 Å². The van der Waals surface area contributed by atoms with Gasteiger partial charge in [-0.05, 0) is 43.2 Å². The maximum Gasteiger partial charge on any atom is 0.323 e. The maximum absolute atomic E-state index is 13.2. The number of hydrogen-bond donors (Lipinski definition) is 3. The van der Waals surface area contributed by atoms with Crippen LogP contribution in [0, 0.1) is 0 Å². The standard InChI is InChI=1S/C23H25N3O6/c1-26-18-9-8-16(12-21(27)28)32-20(18)13-31-19-10-7-15(11-17(19)22(26)29)25-23(30)24-14-5-3-2-4-6-14/h2-7,10-11,16,18,20H,8-9,12-13H2,1H3,(H,27,28)(H2,24,25,30)/t16-,18-,20-/m1/s1. The third-order valence-electron chi connectivity index (χ3n) is 5.70. The van der Waals surface area contributed by atoms with Crippen LogP contribution in [0.3, 0.4) is 0 Å². The Morgan fingerprint density at radius 2 is 1.84 bits per heavy atom. The number of likely N-dealkylation sites (N-methyl/N-ethyl adjacent to an activating group) is 1. The minimum Gasteiger partial charge on any atom is -0.490 e. The molecule has 2 aromatic carbocycles. The molecule has 0 bridgehead atoms. The van der Waals surface area contributed by atoms with E-state index in [-0.39, 0.29) is 25.0 Å². The molecule has 3 amide bonds. The predicted molar refractivity (Wildman–Crippen MR) is 117 cm³/mol. The van der Waals surface area contributed by atoms with E-state index < -0.39 is 24.2 Å². The highest BCUT2D eigenvalue weighted by Gasteiger charge is 2.39. The van der Waals surface area contributed by atoms with Crippen molar-refractivity contribution in [2.75, 3.05) is 24.3 Å². The van der Waals surface area contributed by atoms with Crippen molar-refractivity contribution >= 4 is 29.3 Å². The third kappa shape index (κ3) is 4.83. The topological polar surface area (TPSA) is 117 Å². The van der Waals surface area contributed by atoms with Crippen LogP contribution in [-0.2, 0) is 9.53 Å². The number of carboxylic acid groups (broad SMARTS) is 1. The summed E-state index contributed by atoms with van der Waals surface area (Å²) >= 11 is 0.